The first-order chi connectivity index (χ1) is 6.16. The molecule has 2 nitrogen and oxygen atoms in total. The average molecular weight is 186 g/mol. The number of hydrogen-bond donors (Lipinski definition) is 2. The largest absolute Gasteiger partial charge is 0.329 e. The van der Waals surface area contributed by atoms with E-state index in [-0.39, 0.29) is 6.04 Å². The van der Waals surface area contributed by atoms with E-state index < -0.39 is 0 Å². The minimum atomic E-state index is 0.227. The highest BCUT2D eigenvalue weighted by atomic mass is 14.7. The molecule has 0 aromatic rings. The summed E-state index contributed by atoms with van der Waals surface area (Å²) in [6, 6.07) is 0.227. The maximum absolute atomic E-state index is 5.71. The van der Waals surface area contributed by atoms with Crippen LogP contribution in [-0.4, -0.2) is 12.6 Å². The number of rotatable bonds is 8. The molecule has 0 aliphatic heterocycles. The predicted molar refractivity (Wildman–Crippen MR) is 59.6 cm³/mol. The van der Waals surface area contributed by atoms with Gasteiger partial charge in [-0.1, -0.05) is 46.0 Å². The van der Waals surface area contributed by atoms with Crippen molar-refractivity contribution in [3.05, 3.63) is 0 Å². The molecule has 0 aromatic heterocycles. The molecular formula is C11H26N2. The Morgan fingerprint density at radius 1 is 0.923 bits per heavy atom. The van der Waals surface area contributed by atoms with Crippen molar-refractivity contribution >= 4 is 0 Å². The van der Waals surface area contributed by atoms with E-state index >= 15 is 0 Å². The van der Waals surface area contributed by atoms with Crippen LogP contribution in [0.15, 0.2) is 0 Å². The van der Waals surface area contributed by atoms with E-state index in [4.69, 9.17) is 11.5 Å². The molecule has 80 valence electrons. The fraction of sp³-hybridized carbons (Fsp3) is 1.00. The first-order valence-corrected chi connectivity index (χ1v) is 5.62. The van der Waals surface area contributed by atoms with Crippen LogP contribution in [0.2, 0.25) is 0 Å². The molecule has 13 heavy (non-hydrogen) atoms. The molecule has 4 N–H and O–H groups in total. The van der Waals surface area contributed by atoms with Crippen LogP contribution in [0.25, 0.3) is 0 Å². The summed E-state index contributed by atoms with van der Waals surface area (Å²) < 4.78 is 0. The molecule has 0 bridgehead atoms. The third-order valence-electron chi connectivity index (χ3n) is 2.41. The number of nitrogens with two attached hydrogens (primary N) is 2. The Labute approximate surface area is 83.1 Å². The van der Waals surface area contributed by atoms with Gasteiger partial charge < -0.3 is 11.5 Å². The van der Waals surface area contributed by atoms with Gasteiger partial charge >= 0.3 is 0 Å². The minimum absolute atomic E-state index is 0.227. The van der Waals surface area contributed by atoms with E-state index in [2.05, 4.69) is 13.8 Å². The summed E-state index contributed by atoms with van der Waals surface area (Å²) in [5, 5.41) is 0. The third kappa shape index (κ3) is 9.84. The first kappa shape index (κ1) is 12.9. The van der Waals surface area contributed by atoms with Gasteiger partial charge in [0, 0.05) is 12.6 Å². The zero-order valence-corrected chi connectivity index (χ0v) is 9.26. The Bertz CT molecular complexity index is 102. The van der Waals surface area contributed by atoms with Crippen LogP contribution in [-0.2, 0) is 0 Å². The second-order valence-electron chi connectivity index (χ2n) is 4.38. The molecule has 1 atom stereocenters. The Morgan fingerprint density at radius 3 is 1.92 bits per heavy atom. The smallest absolute Gasteiger partial charge is 0.0163 e. The van der Waals surface area contributed by atoms with Gasteiger partial charge in [-0.05, 0) is 12.3 Å². The molecule has 0 spiro atoms. The van der Waals surface area contributed by atoms with Gasteiger partial charge in [0.1, 0.15) is 0 Å². The maximum Gasteiger partial charge on any atom is 0.0163 e. The second-order valence-corrected chi connectivity index (χ2v) is 4.38. The molecule has 0 saturated heterocycles. The van der Waals surface area contributed by atoms with Crippen LogP contribution in [0.3, 0.4) is 0 Å². The highest BCUT2D eigenvalue weighted by molar-refractivity contribution is 4.61. The Morgan fingerprint density at radius 2 is 1.46 bits per heavy atom. The topological polar surface area (TPSA) is 52.0 Å². The Hall–Kier alpha value is -0.0800. The summed E-state index contributed by atoms with van der Waals surface area (Å²) >= 11 is 0. The van der Waals surface area contributed by atoms with E-state index in [9.17, 15) is 0 Å². The van der Waals surface area contributed by atoms with Gasteiger partial charge in [0.25, 0.3) is 0 Å². The van der Waals surface area contributed by atoms with Crippen LogP contribution in [0.1, 0.15) is 52.4 Å². The van der Waals surface area contributed by atoms with Crippen molar-refractivity contribution < 1.29 is 0 Å². The monoisotopic (exact) mass is 186 g/mol. The van der Waals surface area contributed by atoms with Crippen LogP contribution in [0.4, 0.5) is 0 Å². The normalized spacial score (nSPS) is 13.6. The van der Waals surface area contributed by atoms with Crippen molar-refractivity contribution in [2.24, 2.45) is 17.4 Å². The van der Waals surface area contributed by atoms with Gasteiger partial charge in [-0.3, -0.25) is 0 Å². The summed E-state index contributed by atoms with van der Waals surface area (Å²) in [4.78, 5) is 0. The number of hydrogen-bond acceptors (Lipinski definition) is 2. The molecule has 0 amide bonds. The van der Waals surface area contributed by atoms with Crippen LogP contribution < -0.4 is 11.5 Å². The van der Waals surface area contributed by atoms with E-state index in [0.717, 1.165) is 12.3 Å². The summed E-state index contributed by atoms with van der Waals surface area (Å²) in [5.41, 5.74) is 11.1. The third-order valence-corrected chi connectivity index (χ3v) is 2.41. The van der Waals surface area contributed by atoms with Crippen molar-refractivity contribution in [1.82, 2.24) is 0 Å². The predicted octanol–water partition coefficient (Wildman–Crippen LogP) is 2.27. The molecule has 0 aliphatic carbocycles. The zero-order valence-electron chi connectivity index (χ0n) is 9.26. The molecule has 0 fully saturated rings. The van der Waals surface area contributed by atoms with Crippen molar-refractivity contribution in [2.45, 2.75) is 58.4 Å². The highest BCUT2D eigenvalue weighted by Gasteiger charge is 1.99. The molecule has 0 heterocycles. The van der Waals surface area contributed by atoms with E-state index in [1.54, 1.807) is 0 Å². The Balaban J connectivity index is 2.99. The highest BCUT2D eigenvalue weighted by Crippen LogP contribution is 2.10. The van der Waals surface area contributed by atoms with Crippen molar-refractivity contribution in [1.29, 1.82) is 0 Å². The number of unbranched alkanes of at least 4 members (excludes halogenated alkanes) is 3. The first-order valence-electron chi connectivity index (χ1n) is 5.62. The fourth-order valence-electron chi connectivity index (χ4n) is 1.43. The summed E-state index contributed by atoms with van der Waals surface area (Å²) in [7, 11) is 0. The van der Waals surface area contributed by atoms with Crippen LogP contribution in [0.5, 0.6) is 0 Å². The van der Waals surface area contributed by atoms with E-state index in [1.807, 2.05) is 0 Å². The van der Waals surface area contributed by atoms with Crippen LogP contribution in [0, 0.1) is 5.92 Å². The SMILES string of the molecule is CC(C)CCCCCCC(N)CN. The molecule has 0 saturated carbocycles. The van der Waals surface area contributed by atoms with Crippen molar-refractivity contribution in [3.8, 4) is 0 Å². The van der Waals surface area contributed by atoms with Gasteiger partial charge in [0.05, 0.1) is 0 Å². The fourth-order valence-corrected chi connectivity index (χ4v) is 1.43. The molecule has 0 aliphatic rings. The van der Waals surface area contributed by atoms with Gasteiger partial charge in [0.2, 0.25) is 0 Å². The second kappa shape index (κ2) is 8.52. The molecule has 0 aromatic carbocycles. The zero-order chi connectivity index (χ0) is 10.1. The van der Waals surface area contributed by atoms with Gasteiger partial charge in [-0.15, -0.1) is 0 Å². The Kier molecular flexibility index (Phi) is 8.46. The molecular weight excluding hydrogens is 160 g/mol. The van der Waals surface area contributed by atoms with Gasteiger partial charge in [-0.25, -0.2) is 0 Å². The molecule has 2 heteroatoms. The lowest BCUT2D eigenvalue weighted by Gasteiger charge is -2.08. The average Bonchev–Trinajstić information content (AvgIpc) is 2.10. The lowest BCUT2D eigenvalue weighted by molar-refractivity contribution is 0.500. The quantitative estimate of drug-likeness (QED) is 0.571. The summed E-state index contributed by atoms with van der Waals surface area (Å²) in [6.07, 6.45) is 7.75. The van der Waals surface area contributed by atoms with E-state index in [0.29, 0.717) is 6.54 Å². The molecule has 0 rings (SSSR count). The van der Waals surface area contributed by atoms with Crippen molar-refractivity contribution in [2.75, 3.05) is 6.54 Å². The molecule has 1 unspecified atom stereocenters. The standard InChI is InChI=1S/C11H26N2/c1-10(2)7-5-3-4-6-8-11(13)9-12/h10-11H,3-9,12-13H2,1-2H3. The summed E-state index contributed by atoms with van der Waals surface area (Å²) in [6.45, 7) is 5.20. The lowest BCUT2D eigenvalue weighted by Crippen LogP contribution is -2.29. The lowest BCUT2D eigenvalue weighted by atomic mass is 10.0. The maximum atomic E-state index is 5.71. The summed E-state index contributed by atoms with van der Waals surface area (Å²) in [5.74, 6) is 0.853. The van der Waals surface area contributed by atoms with Gasteiger partial charge in [0.15, 0.2) is 0 Å². The van der Waals surface area contributed by atoms with Crippen molar-refractivity contribution in [3.63, 3.8) is 0 Å². The van der Waals surface area contributed by atoms with Crippen LogP contribution >= 0.6 is 0 Å². The molecule has 0 radical (unpaired) electrons. The van der Waals surface area contributed by atoms with E-state index in [1.165, 1.54) is 32.1 Å². The van der Waals surface area contributed by atoms with Gasteiger partial charge in [-0.2, -0.15) is 0 Å². The minimum Gasteiger partial charge on any atom is -0.329 e.